The fourth-order valence-electron chi connectivity index (χ4n) is 2.25. The zero-order valence-electron chi connectivity index (χ0n) is 15.6. The van der Waals surface area contributed by atoms with Crippen molar-refractivity contribution < 1.29 is 43.7 Å². The number of aliphatic hydroxyl groups excluding tert-OH is 2. The molecule has 1 aliphatic rings. The van der Waals surface area contributed by atoms with E-state index in [4.69, 9.17) is 40.2 Å². The number of carbonyl (C=O) groups is 1. The molecule has 0 amide bonds. The van der Waals surface area contributed by atoms with Crippen molar-refractivity contribution in [3.63, 3.8) is 0 Å². The molecule has 1 aromatic rings. The first-order chi connectivity index (χ1) is 13.2. The van der Waals surface area contributed by atoms with E-state index in [0.29, 0.717) is 0 Å². The molecule has 1 saturated heterocycles. The zero-order valence-corrected chi connectivity index (χ0v) is 16.5. The van der Waals surface area contributed by atoms with Gasteiger partial charge < -0.3 is 45.8 Å². The van der Waals surface area contributed by atoms with Crippen molar-refractivity contribution in [2.24, 2.45) is 11.7 Å². The quantitative estimate of drug-likeness (QED) is 0.179. The number of aliphatic hydroxyl groups is 2. The fraction of sp³-hybridized carbons (Fsp3) is 0.643. The van der Waals surface area contributed by atoms with Crippen LogP contribution in [-0.4, -0.2) is 71.4 Å². The molecule has 9 N–H and O–H groups in total. The van der Waals surface area contributed by atoms with Crippen LogP contribution >= 0.6 is 7.82 Å². The number of phosphoric acid groups is 1. The number of aromatic nitrogens is 2. The van der Waals surface area contributed by atoms with E-state index in [0.717, 1.165) is 4.57 Å². The summed E-state index contributed by atoms with van der Waals surface area (Å²) in [6.45, 7) is 3.24. The van der Waals surface area contributed by atoms with E-state index in [1.807, 2.05) is 0 Å². The van der Waals surface area contributed by atoms with Crippen LogP contribution in [0, 0.1) is 5.92 Å². The molecule has 0 aliphatic carbocycles. The van der Waals surface area contributed by atoms with Crippen molar-refractivity contribution in [3.05, 3.63) is 22.7 Å². The van der Waals surface area contributed by atoms with Crippen molar-refractivity contribution in [2.75, 3.05) is 12.3 Å². The van der Waals surface area contributed by atoms with Crippen molar-refractivity contribution in [1.29, 1.82) is 0 Å². The lowest BCUT2D eigenvalue weighted by Gasteiger charge is -2.18. The maximum atomic E-state index is 11.8. The molecule has 0 spiro atoms. The molecule has 0 unspecified atom stereocenters. The molecule has 14 nitrogen and oxygen atoms in total. The maximum Gasteiger partial charge on any atom is 0.466 e. The molecule has 0 saturated carbocycles. The highest BCUT2D eigenvalue weighted by atomic mass is 31.2. The number of hydrogen-bond donors (Lipinski definition) is 7. The van der Waals surface area contributed by atoms with Crippen molar-refractivity contribution in [3.8, 4) is 0 Å². The summed E-state index contributed by atoms with van der Waals surface area (Å²) in [5.74, 6) is -0.716. The summed E-state index contributed by atoms with van der Waals surface area (Å²) in [4.78, 5) is 48.7. The highest BCUT2D eigenvalue weighted by Gasteiger charge is 2.44. The Morgan fingerprint density at radius 1 is 1.34 bits per heavy atom. The van der Waals surface area contributed by atoms with E-state index in [1.54, 1.807) is 13.8 Å². The number of carbonyl (C=O) groups excluding carboxylic acids is 1. The number of nitrogens with zero attached hydrogens (tertiary/aromatic N) is 2. The number of nitrogens with two attached hydrogens (primary N) is 2. The number of esters is 1. The Bertz CT molecular complexity index is 789. The summed E-state index contributed by atoms with van der Waals surface area (Å²) in [6.07, 6.45) is -3.60. The number of ether oxygens (including phenoxy) is 2. The lowest BCUT2D eigenvalue weighted by atomic mass is 10.1. The first-order valence-corrected chi connectivity index (χ1v) is 9.85. The largest absolute Gasteiger partial charge is 0.466 e. The van der Waals surface area contributed by atoms with Gasteiger partial charge in [0.1, 0.15) is 36.8 Å². The third-order valence-corrected chi connectivity index (χ3v) is 3.84. The van der Waals surface area contributed by atoms with Gasteiger partial charge in [-0.1, -0.05) is 13.8 Å². The summed E-state index contributed by atoms with van der Waals surface area (Å²) >= 11 is 0. The van der Waals surface area contributed by atoms with E-state index in [1.165, 1.54) is 12.3 Å². The molecule has 15 heteroatoms. The van der Waals surface area contributed by atoms with Crippen LogP contribution in [0.2, 0.25) is 0 Å². The lowest BCUT2D eigenvalue weighted by molar-refractivity contribution is -0.152. The van der Waals surface area contributed by atoms with Gasteiger partial charge >= 0.3 is 19.5 Å². The molecule has 0 aromatic carbocycles. The number of rotatable bonds is 5. The third-order valence-electron chi connectivity index (χ3n) is 3.84. The second-order valence-corrected chi connectivity index (χ2v) is 7.53. The van der Waals surface area contributed by atoms with Gasteiger partial charge in [-0.3, -0.25) is 9.36 Å². The molecule has 2 heterocycles. The van der Waals surface area contributed by atoms with Crippen LogP contribution in [0.1, 0.15) is 20.1 Å². The third kappa shape index (κ3) is 7.79. The molecule has 2 rings (SSSR count). The summed E-state index contributed by atoms with van der Waals surface area (Å²) in [5, 5.41) is 20.1. The van der Waals surface area contributed by atoms with Crippen molar-refractivity contribution >= 4 is 19.6 Å². The number of anilines is 1. The molecule has 29 heavy (non-hydrogen) atoms. The van der Waals surface area contributed by atoms with Gasteiger partial charge in [-0.25, -0.2) is 9.36 Å². The summed E-state index contributed by atoms with van der Waals surface area (Å²) < 4.78 is 20.4. The fourth-order valence-corrected chi connectivity index (χ4v) is 2.25. The SMILES string of the molecule is CC(C)[C@@H](N)C(=O)OC[C@H]1O[C@@H](n2ccc(N)nc2=O)[C@@H](O)[C@@H]1O.O=P(O)(O)O. The average Bonchev–Trinajstić information content (AvgIpc) is 2.85. The van der Waals surface area contributed by atoms with Gasteiger partial charge in [-0.05, 0) is 12.0 Å². The Hall–Kier alpha value is -1.90. The Balaban J connectivity index is 0.000000749. The van der Waals surface area contributed by atoms with Gasteiger partial charge in [-0.2, -0.15) is 4.98 Å². The molecular weight excluding hydrogens is 415 g/mol. The Morgan fingerprint density at radius 3 is 2.38 bits per heavy atom. The van der Waals surface area contributed by atoms with Crippen molar-refractivity contribution in [2.45, 2.75) is 44.4 Å². The minimum atomic E-state index is -4.64. The van der Waals surface area contributed by atoms with Gasteiger partial charge in [-0.15, -0.1) is 0 Å². The Labute approximate surface area is 164 Å². The Morgan fingerprint density at radius 2 is 1.90 bits per heavy atom. The topological polar surface area (TPSA) is 241 Å². The molecule has 0 bridgehead atoms. The van der Waals surface area contributed by atoms with E-state index in [9.17, 15) is 19.8 Å². The van der Waals surface area contributed by atoms with Crippen LogP contribution in [0.15, 0.2) is 17.1 Å². The highest BCUT2D eigenvalue weighted by molar-refractivity contribution is 7.45. The summed E-state index contributed by atoms with van der Waals surface area (Å²) in [6, 6.07) is 0.562. The van der Waals surface area contributed by atoms with Crippen LogP contribution in [0.3, 0.4) is 0 Å². The summed E-state index contributed by atoms with van der Waals surface area (Å²) in [5.41, 5.74) is 10.3. The Kier molecular flexibility index (Phi) is 8.86. The normalized spacial score (nSPS) is 25.3. The molecule has 166 valence electrons. The van der Waals surface area contributed by atoms with Gasteiger partial charge in [0, 0.05) is 6.20 Å². The average molecular weight is 440 g/mol. The minimum absolute atomic E-state index is 0.0254. The number of hydrogen-bond acceptors (Lipinski definition) is 10. The monoisotopic (exact) mass is 440 g/mol. The van der Waals surface area contributed by atoms with E-state index in [-0.39, 0.29) is 18.3 Å². The number of nitrogen functional groups attached to an aromatic ring is 1. The molecule has 0 radical (unpaired) electrons. The van der Waals surface area contributed by atoms with Crippen molar-refractivity contribution in [1.82, 2.24) is 9.55 Å². The maximum absolute atomic E-state index is 11.8. The van der Waals surface area contributed by atoms with Crippen LogP contribution in [0.25, 0.3) is 0 Å². The standard InChI is InChI=1S/C14H22N4O6.H3O4P/c1-6(2)9(16)13(21)23-5-7-10(19)11(20)12(24-7)18-4-3-8(15)17-14(18)22;1-5(2,3)4/h3-4,6-7,9-12,19-20H,5,16H2,1-2H3,(H2,15,17,22);(H3,1,2,3,4)/t7-,9-,10-,11+,12-;/m1./s1. The predicted octanol–water partition coefficient (Wildman–Crippen LogP) is -2.96. The van der Waals surface area contributed by atoms with Gasteiger partial charge in [0.15, 0.2) is 6.23 Å². The second kappa shape index (κ2) is 10.2. The highest BCUT2D eigenvalue weighted by Crippen LogP contribution is 2.28. The van der Waals surface area contributed by atoms with E-state index >= 15 is 0 Å². The van der Waals surface area contributed by atoms with Gasteiger partial charge in [0.2, 0.25) is 0 Å². The van der Waals surface area contributed by atoms with E-state index in [2.05, 4.69) is 4.98 Å². The first-order valence-electron chi connectivity index (χ1n) is 8.29. The summed E-state index contributed by atoms with van der Waals surface area (Å²) in [7, 11) is -4.64. The first kappa shape index (κ1) is 25.1. The van der Waals surface area contributed by atoms with Crippen LogP contribution in [0.5, 0.6) is 0 Å². The molecule has 5 atom stereocenters. The van der Waals surface area contributed by atoms with Crippen LogP contribution in [-0.2, 0) is 18.8 Å². The van der Waals surface area contributed by atoms with Gasteiger partial charge in [0.25, 0.3) is 0 Å². The smallest absolute Gasteiger partial charge is 0.462 e. The minimum Gasteiger partial charge on any atom is -0.462 e. The van der Waals surface area contributed by atoms with E-state index < -0.39 is 50.1 Å². The van der Waals surface area contributed by atoms with Crippen LogP contribution < -0.4 is 17.2 Å². The molecule has 1 aliphatic heterocycles. The van der Waals surface area contributed by atoms with Crippen LogP contribution in [0.4, 0.5) is 5.82 Å². The zero-order chi connectivity index (χ0) is 22.5. The molecular formula is C14H25N4O10P. The predicted molar refractivity (Wildman–Crippen MR) is 96.9 cm³/mol. The second-order valence-electron chi connectivity index (χ2n) is 6.50. The van der Waals surface area contributed by atoms with Gasteiger partial charge in [0.05, 0.1) is 0 Å². The molecule has 1 aromatic heterocycles. The lowest BCUT2D eigenvalue weighted by Crippen LogP contribution is -2.40. The molecule has 1 fully saturated rings.